The summed E-state index contributed by atoms with van der Waals surface area (Å²) in [7, 11) is 0. The lowest BCUT2D eigenvalue weighted by Crippen LogP contribution is -2.41. The van der Waals surface area contributed by atoms with Gasteiger partial charge in [-0.15, -0.1) is 0 Å². The van der Waals surface area contributed by atoms with Gasteiger partial charge in [0.2, 0.25) is 0 Å². The lowest BCUT2D eigenvalue weighted by Gasteiger charge is -2.33. The molecule has 1 aromatic rings. The molecule has 1 heterocycles. The topological polar surface area (TPSA) is 23.5 Å². The van der Waals surface area contributed by atoms with Crippen molar-refractivity contribution in [3.63, 3.8) is 0 Å². The van der Waals surface area contributed by atoms with Crippen molar-refractivity contribution in [1.29, 1.82) is 0 Å². The Hall–Kier alpha value is -1.51. The number of nitrogens with zero attached hydrogens (tertiary/aromatic N) is 1. The van der Waals surface area contributed by atoms with Gasteiger partial charge >= 0.3 is 6.18 Å². The first-order valence-electron chi connectivity index (χ1n) is 6.97. The van der Waals surface area contributed by atoms with E-state index in [9.17, 15) is 13.2 Å². The number of hydrogen-bond acceptors (Lipinski definition) is 2. The SMILES string of the molecule is OCC#Cc1ccccc1CN1CCCC(C(F)(F)F)C1. The van der Waals surface area contributed by atoms with Crippen LogP contribution >= 0.6 is 0 Å². The van der Waals surface area contributed by atoms with E-state index >= 15 is 0 Å². The first-order valence-corrected chi connectivity index (χ1v) is 6.97. The average Bonchev–Trinajstić information content (AvgIpc) is 2.46. The molecule has 2 nitrogen and oxygen atoms in total. The summed E-state index contributed by atoms with van der Waals surface area (Å²) < 4.78 is 38.5. The van der Waals surface area contributed by atoms with Crippen molar-refractivity contribution in [2.24, 2.45) is 5.92 Å². The molecule has 0 aliphatic carbocycles. The van der Waals surface area contributed by atoms with Crippen LogP contribution in [0.25, 0.3) is 0 Å². The second-order valence-electron chi connectivity index (χ2n) is 5.23. The Morgan fingerprint density at radius 1 is 1.29 bits per heavy atom. The zero-order valence-corrected chi connectivity index (χ0v) is 11.7. The molecular formula is C16H18F3NO. The molecule has 1 aliphatic rings. The van der Waals surface area contributed by atoms with Gasteiger partial charge in [0.05, 0.1) is 5.92 Å². The first-order chi connectivity index (χ1) is 10.0. The van der Waals surface area contributed by atoms with Crippen LogP contribution in [-0.2, 0) is 6.54 Å². The molecule has 0 saturated carbocycles. The van der Waals surface area contributed by atoms with E-state index in [-0.39, 0.29) is 19.6 Å². The third kappa shape index (κ3) is 4.48. The summed E-state index contributed by atoms with van der Waals surface area (Å²) in [6.07, 6.45) is -3.34. The zero-order valence-electron chi connectivity index (χ0n) is 11.7. The molecule has 0 bridgehead atoms. The Labute approximate surface area is 122 Å². The highest BCUT2D eigenvalue weighted by molar-refractivity contribution is 5.41. The van der Waals surface area contributed by atoms with Crippen molar-refractivity contribution in [1.82, 2.24) is 4.90 Å². The van der Waals surface area contributed by atoms with Crippen LogP contribution in [0.1, 0.15) is 24.0 Å². The number of aliphatic hydroxyl groups is 1. The van der Waals surface area contributed by atoms with Gasteiger partial charge in [0.25, 0.3) is 0 Å². The van der Waals surface area contributed by atoms with Gasteiger partial charge in [0.1, 0.15) is 6.61 Å². The summed E-state index contributed by atoms with van der Waals surface area (Å²) in [6, 6.07) is 7.38. The van der Waals surface area contributed by atoms with Crippen molar-refractivity contribution in [2.45, 2.75) is 25.6 Å². The number of benzene rings is 1. The van der Waals surface area contributed by atoms with Crippen molar-refractivity contribution < 1.29 is 18.3 Å². The number of alkyl halides is 3. The van der Waals surface area contributed by atoms with Crippen molar-refractivity contribution in [2.75, 3.05) is 19.7 Å². The fourth-order valence-electron chi connectivity index (χ4n) is 2.62. The standard InChI is InChI=1S/C16H18F3NO/c17-16(18,19)15-8-3-9-20(12-15)11-14-6-2-1-5-13(14)7-4-10-21/h1-2,5-6,15,21H,3,8-12H2. The van der Waals surface area contributed by atoms with Crippen LogP contribution in [0.4, 0.5) is 13.2 Å². The first kappa shape index (κ1) is 15.9. The van der Waals surface area contributed by atoms with E-state index in [1.54, 1.807) is 0 Å². The molecule has 0 spiro atoms. The number of likely N-dealkylation sites (tertiary alicyclic amines) is 1. The summed E-state index contributed by atoms with van der Waals surface area (Å²) in [4.78, 5) is 1.83. The maximum absolute atomic E-state index is 12.8. The van der Waals surface area contributed by atoms with Crippen LogP contribution in [-0.4, -0.2) is 35.9 Å². The maximum Gasteiger partial charge on any atom is 0.393 e. The van der Waals surface area contributed by atoms with Gasteiger partial charge in [-0.1, -0.05) is 30.0 Å². The Balaban J connectivity index is 2.08. The van der Waals surface area contributed by atoms with E-state index in [0.717, 1.165) is 11.1 Å². The smallest absolute Gasteiger partial charge is 0.384 e. The van der Waals surface area contributed by atoms with E-state index in [1.165, 1.54) is 0 Å². The largest absolute Gasteiger partial charge is 0.393 e. The molecule has 1 unspecified atom stereocenters. The summed E-state index contributed by atoms with van der Waals surface area (Å²) in [5.41, 5.74) is 1.67. The second-order valence-corrected chi connectivity index (χ2v) is 5.23. The predicted molar refractivity (Wildman–Crippen MR) is 74.5 cm³/mol. The predicted octanol–water partition coefficient (Wildman–Crippen LogP) is 2.80. The van der Waals surface area contributed by atoms with E-state index in [4.69, 9.17) is 5.11 Å². The molecule has 0 radical (unpaired) electrons. The molecule has 1 atom stereocenters. The Kier molecular flexibility index (Phi) is 5.27. The fraction of sp³-hybridized carbons (Fsp3) is 0.500. The average molecular weight is 297 g/mol. The van der Waals surface area contributed by atoms with Crippen LogP contribution in [0.15, 0.2) is 24.3 Å². The molecule has 2 rings (SSSR count). The van der Waals surface area contributed by atoms with Crippen molar-refractivity contribution in [3.8, 4) is 11.8 Å². The number of aliphatic hydroxyl groups excluding tert-OH is 1. The molecule has 1 fully saturated rings. The third-order valence-electron chi connectivity index (χ3n) is 3.68. The van der Waals surface area contributed by atoms with Crippen LogP contribution in [0, 0.1) is 17.8 Å². The van der Waals surface area contributed by atoms with Crippen LogP contribution in [0.3, 0.4) is 0 Å². The number of rotatable bonds is 2. The van der Waals surface area contributed by atoms with Gasteiger partial charge in [0, 0.05) is 18.7 Å². The van der Waals surface area contributed by atoms with Crippen molar-refractivity contribution in [3.05, 3.63) is 35.4 Å². The van der Waals surface area contributed by atoms with E-state index in [1.807, 2.05) is 29.2 Å². The second kappa shape index (κ2) is 6.97. The van der Waals surface area contributed by atoms with Gasteiger partial charge in [-0.3, -0.25) is 4.90 Å². The van der Waals surface area contributed by atoms with Gasteiger partial charge in [-0.2, -0.15) is 13.2 Å². The van der Waals surface area contributed by atoms with E-state index in [2.05, 4.69) is 11.8 Å². The van der Waals surface area contributed by atoms with Crippen LogP contribution < -0.4 is 0 Å². The molecular weight excluding hydrogens is 279 g/mol. The number of halogens is 3. The zero-order chi connectivity index (χ0) is 15.3. The fourth-order valence-corrected chi connectivity index (χ4v) is 2.62. The summed E-state index contributed by atoms with van der Waals surface area (Å²) >= 11 is 0. The molecule has 5 heteroatoms. The quantitative estimate of drug-likeness (QED) is 0.849. The molecule has 0 aromatic heterocycles. The van der Waals surface area contributed by atoms with Gasteiger partial charge in [-0.05, 0) is 31.0 Å². The summed E-state index contributed by atoms with van der Waals surface area (Å²) in [5, 5.41) is 8.76. The molecule has 1 saturated heterocycles. The Bertz CT molecular complexity index is 530. The highest BCUT2D eigenvalue weighted by Crippen LogP contribution is 2.33. The van der Waals surface area contributed by atoms with E-state index in [0.29, 0.717) is 19.5 Å². The minimum absolute atomic E-state index is 0.0469. The van der Waals surface area contributed by atoms with Gasteiger partial charge in [0.15, 0.2) is 0 Å². The monoisotopic (exact) mass is 297 g/mol. The lowest BCUT2D eigenvalue weighted by atomic mass is 9.96. The van der Waals surface area contributed by atoms with Gasteiger partial charge in [-0.25, -0.2) is 0 Å². The van der Waals surface area contributed by atoms with Crippen molar-refractivity contribution >= 4 is 0 Å². The van der Waals surface area contributed by atoms with Crippen LogP contribution in [0.5, 0.6) is 0 Å². The molecule has 0 amide bonds. The maximum atomic E-state index is 12.8. The molecule has 1 N–H and O–H groups in total. The summed E-state index contributed by atoms with van der Waals surface area (Å²) in [6.45, 7) is 0.955. The molecule has 1 aromatic carbocycles. The van der Waals surface area contributed by atoms with Gasteiger partial charge < -0.3 is 5.11 Å². The minimum Gasteiger partial charge on any atom is -0.384 e. The lowest BCUT2D eigenvalue weighted by molar-refractivity contribution is -0.187. The van der Waals surface area contributed by atoms with E-state index < -0.39 is 12.1 Å². The summed E-state index contributed by atoms with van der Waals surface area (Å²) in [5.74, 6) is 4.19. The highest BCUT2D eigenvalue weighted by atomic mass is 19.4. The highest BCUT2D eigenvalue weighted by Gasteiger charge is 2.41. The number of hydrogen-bond donors (Lipinski definition) is 1. The number of piperidine rings is 1. The van der Waals surface area contributed by atoms with Crippen LogP contribution in [0.2, 0.25) is 0 Å². The minimum atomic E-state index is -4.12. The molecule has 1 aliphatic heterocycles. The third-order valence-corrected chi connectivity index (χ3v) is 3.68. The Morgan fingerprint density at radius 3 is 2.76 bits per heavy atom. The molecule has 21 heavy (non-hydrogen) atoms. The Morgan fingerprint density at radius 2 is 2.05 bits per heavy atom. The molecule has 114 valence electrons. The normalized spacial score (nSPS) is 19.9.